The lowest BCUT2D eigenvalue weighted by Crippen LogP contribution is -2.56. The van der Waals surface area contributed by atoms with E-state index in [0.29, 0.717) is 6.67 Å². The standard InChI is InChI=1S/C20H29N5O2/c1-22-11-13-23(14-12-22)18(26)15-24-16-25(17-5-3-2-4-6-17)20(19(24)27)7-9-21-10-8-20/h2-6,21H,7-16H2,1H3. The van der Waals surface area contributed by atoms with Crippen LogP contribution in [-0.4, -0.2) is 91.6 Å². The van der Waals surface area contributed by atoms with Crippen LogP contribution in [0.2, 0.25) is 0 Å². The average molecular weight is 371 g/mol. The van der Waals surface area contributed by atoms with Crippen LogP contribution >= 0.6 is 0 Å². The summed E-state index contributed by atoms with van der Waals surface area (Å²) in [6, 6.07) is 10.1. The second-order valence-corrected chi connectivity index (χ2v) is 7.87. The second-order valence-electron chi connectivity index (χ2n) is 7.87. The van der Waals surface area contributed by atoms with Crippen LogP contribution in [0.3, 0.4) is 0 Å². The van der Waals surface area contributed by atoms with Gasteiger partial charge in [0.2, 0.25) is 11.8 Å². The van der Waals surface area contributed by atoms with Gasteiger partial charge in [-0.1, -0.05) is 18.2 Å². The molecule has 3 saturated heterocycles. The normalized spacial score (nSPS) is 23.3. The fourth-order valence-electron chi connectivity index (χ4n) is 4.48. The Balaban J connectivity index is 1.52. The van der Waals surface area contributed by atoms with Crippen LogP contribution in [0.5, 0.6) is 0 Å². The Kier molecular flexibility index (Phi) is 5.06. The molecule has 0 bridgehead atoms. The third-order valence-electron chi connectivity index (χ3n) is 6.19. The van der Waals surface area contributed by atoms with Gasteiger partial charge in [0.1, 0.15) is 12.1 Å². The zero-order valence-corrected chi connectivity index (χ0v) is 16.1. The molecule has 1 spiro atoms. The molecule has 3 heterocycles. The van der Waals surface area contributed by atoms with Crippen LogP contribution in [-0.2, 0) is 9.59 Å². The summed E-state index contributed by atoms with van der Waals surface area (Å²) in [5, 5.41) is 3.36. The molecule has 27 heavy (non-hydrogen) atoms. The van der Waals surface area contributed by atoms with Crippen molar-refractivity contribution in [1.29, 1.82) is 0 Å². The number of rotatable bonds is 3. The molecule has 3 aliphatic rings. The number of benzene rings is 1. The Morgan fingerprint density at radius 3 is 2.41 bits per heavy atom. The number of hydrogen-bond donors (Lipinski definition) is 1. The summed E-state index contributed by atoms with van der Waals surface area (Å²) < 4.78 is 0. The summed E-state index contributed by atoms with van der Waals surface area (Å²) in [5.74, 6) is 0.172. The highest BCUT2D eigenvalue weighted by Crippen LogP contribution is 2.37. The molecular weight excluding hydrogens is 342 g/mol. The lowest BCUT2D eigenvalue weighted by atomic mass is 9.86. The van der Waals surface area contributed by atoms with E-state index in [-0.39, 0.29) is 18.4 Å². The molecule has 146 valence electrons. The predicted molar refractivity (Wildman–Crippen MR) is 104 cm³/mol. The van der Waals surface area contributed by atoms with Crippen LogP contribution in [0.1, 0.15) is 12.8 Å². The number of likely N-dealkylation sites (N-methyl/N-ethyl adjacent to an activating group) is 1. The molecule has 3 aliphatic heterocycles. The Morgan fingerprint density at radius 2 is 1.74 bits per heavy atom. The van der Waals surface area contributed by atoms with E-state index in [9.17, 15) is 9.59 Å². The van der Waals surface area contributed by atoms with E-state index >= 15 is 0 Å². The first kappa shape index (κ1) is 18.3. The van der Waals surface area contributed by atoms with E-state index in [4.69, 9.17) is 0 Å². The van der Waals surface area contributed by atoms with Gasteiger partial charge < -0.3 is 24.9 Å². The topological polar surface area (TPSA) is 59.1 Å². The smallest absolute Gasteiger partial charge is 0.250 e. The number of para-hydroxylation sites is 1. The maximum absolute atomic E-state index is 13.4. The zero-order valence-electron chi connectivity index (χ0n) is 16.1. The summed E-state index contributed by atoms with van der Waals surface area (Å²) in [6.45, 7) is 5.61. The van der Waals surface area contributed by atoms with Crippen molar-refractivity contribution in [3.8, 4) is 0 Å². The number of nitrogens with zero attached hydrogens (tertiary/aromatic N) is 4. The first-order chi connectivity index (χ1) is 13.1. The van der Waals surface area contributed by atoms with Crippen molar-refractivity contribution in [3.63, 3.8) is 0 Å². The zero-order chi connectivity index (χ0) is 18.9. The van der Waals surface area contributed by atoms with Gasteiger partial charge in [-0.2, -0.15) is 0 Å². The molecule has 0 aliphatic carbocycles. The Bertz CT molecular complexity index is 681. The van der Waals surface area contributed by atoms with Gasteiger partial charge >= 0.3 is 0 Å². The first-order valence-corrected chi connectivity index (χ1v) is 9.89. The highest BCUT2D eigenvalue weighted by atomic mass is 16.2. The summed E-state index contributed by atoms with van der Waals surface area (Å²) in [5.41, 5.74) is 0.539. The SMILES string of the molecule is CN1CCN(C(=O)CN2CN(c3ccccc3)C3(CCNCC3)C2=O)CC1. The highest BCUT2D eigenvalue weighted by Gasteiger charge is 2.53. The maximum Gasteiger partial charge on any atom is 0.250 e. The molecule has 0 atom stereocenters. The molecule has 1 aromatic rings. The molecule has 0 aromatic heterocycles. The number of hydrogen-bond acceptors (Lipinski definition) is 5. The summed E-state index contributed by atoms with van der Waals surface area (Å²) in [6.07, 6.45) is 1.56. The number of nitrogens with one attached hydrogen (secondary N) is 1. The molecule has 7 nitrogen and oxygen atoms in total. The molecular formula is C20H29N5O2. The van der Waals surface area contributed by atoms with E-state index in [1.807, 2.05) is 23.1 Å². The van der Waals surface area contributed by atoms with E-state index in [0.717, 1.165) is 57.8 Å². The van der Waals surface area contributed by atoms with Gasteiger partial charge in [-0.05, 0) is 45.1 Å². The number of piperidine rings is 1. The second kappa shape index (κ2) is 7.48. The molecule has 1 N–H and O–H groups in total. The lowest BCUT2D eigenvalue weighted by Gasteiger charge is -2.40. The van der Waals surface area contributed by atoms with Gasteiger partial charge in [-0.15, -0.1) is 0 Å². The largest absolute Gasteiger partial charge is 0.339 e. The minimum absolute atomic E-state index is 0.0652. The third-order valence-corrected chi connectivity index (χ3v) is 6.19. The quantitative estimate of drug-likeness (QED) is 0.822. The van der Waals surface area contributed by atoms with Gasteiger partial charge in [-0.3, -0.25) is 9.59 Å². The minimum atomic E-state index is -0.519. The van der Waals surface area contributed by atoms with Crippen molar-refractivity contribution in [2.45, 2.75) is 18.4 Å². The van der Waals surface area contributed by atoms with Crippen LogP contribution in [0.15, 0.2) is 30.3 Å². The predicted octanol–water partition coefficient (Wildman–Crippen LogP) is 0.189. The van der Waals surface area contributed by atoms with Crippen LogP contribution < -0.4 is 10.2 Å². The number of carbonyl (C=O) groups excluding carboxylic acids is 2. The van der Waals surface area contributed by atoms with E-state index in [2.05, 4.69) is 34.3 Å². The lowest BCUT2D eigenvalue weighted by molar-refractivity contribution is -0.141. The number of anilines is 1. The van der Waals surface area contributed by atoms with E-state index < -0.39 is 5.54 Å². The number of carbonyl (C=O) groups is 2. The fraction of sp³-hybridized carbons (Fsp3) is 0.600. The Hall–Kier alpha value is -2.12. The Labute approximate surface area is 160 Å². The van der Waals surface area contributed by atoms with Gasteiger partial charge in [0.25, 0.3) is 0 Å². The summed E-state index contributed by atoms with van der Waals surface area (Å²) >= 11 is 0. The van der Waals surface area contributed by atoms with Gasteiger partial charge in [0.15, 0.2) is 0 Å². The molecule has 3 fully saturated rings. The monoisotopic (exact) mass is 371 g/mol. The van der Waals surface area contributed by atoms with Crippen molar-refractivity contribution in [2.75, 3.05) is 64.4 Å². The number of amides is 2. The Morgan fingerprint density at radius 1 is 1.07 bits per heavy atom. The molecule has 1 aromatic carbocycles. The summed E-state index contributed by atoms with van der Waals surface area (Å²) in [7, 11) is 2.07. The highest BCUT2D eigenvalue weighted by molar-refractivity contribution is 5.96. The fourth-order valence-corrected chi connectivity index (χ4v) is 4.48. The average Bonchev–Trinajstić information content (AvgIpc) is 2.96. The van der Waals surface area contributed by atoms with Crippen molar-refractivity contribution < 1.29 is 9.59 Å². The number of piperazine rings is 1. The molecule has 0 unspecified atom stereocenters. The summed E-state index contributed by atoms with van der Waals surface area (Å²) in [4.78, 5) is 34.3. The minimum Gasteiger partial charge on any atom is -0.339 e. The molecule has 0 radical (unpaired) electrons. The van der Waals surface area contributed by atoms with Crippen molar-refractivity contribution in [2.24, 2.45) is 0 Å². The maximum atomic E-state index is 13.4. The first-order valence-electron chi connectivity index (χ1n) is 9.89. The molecule has 2 amide bonds. The molecule has 7 heteroatoms. The van der Waals surface area contributed by atoms with Crippen LogP contribution in [0.4, 0.5) is 5.69 Å². The molecule has 4 rings (SSSR count). The van der Waals surface area contributed by atoms with Crippen molar-refractivity contribution in [1.82, 2.24) is 20.0 Å². The van der Waals surface area contributed by atoms with Crippen molar-refractivity contribution >= 4 is 17.5 Å². The van der Waals surface area contributed by atoms with Crippen LogP contribution in [0.25, 0.3) is 0 Å². The van der Waals surface area contributed by atoms with E-state index in [1.165, 1.54) is 0 Å². The van der Waals surface area contributed by atoms with Gasteiger partial charge in [0, 0.05) is 31.9 Å². The molecule has 0 saturated carbocycles. The van der Waals surface area contributed by atoms with E-state index in [1.54, 1.807) is 4.90 Å². The van der Waals surface area contributed by atoms with Crippen molar-refractivity contribution in [3.05, 3.63) is 30.3 Å². The van der Waals surface area contributed by atoms with Gasteiger partial charge in [0.05, 0.1) is 6.67 Å². The van der Waals surface area contributed by atoms with Crippen LogP contribution in [0, 0.1) is 0 Å². The van der Waals surface area contributed by atoms with Gasteiger partial charge in [-0.25, -0.2) is 0 Å². The third kappa shape index (κ3) is 3.41.